The fourth-order valence-electron chi connectivity index (χ4n) is 1.79. The van der Waals surface area contributed by atoms with Crippen molar-refractivity contribution in [3.8, 4) is 0 Å². The molecule has 0 aromatic carbocycles. The molecule has 0 aromatic heterocycles. The lowest BCUT2D eigenvalue weighted by Gasteiger charge is -2.22. The molecule has 1 aliphatic rings. The maximum atomic E-state index is 11.7. The highest BCUT2D eigenvalue weighted by Crippen LogP contribution is 2.28. The number of nitrogens with zero attached hydrogens (tertiary/aromatic N) is 1. The summed E-state index contributed by atoms with van der Waals surface area (Å²) in [6.45, 7) is 6.27. The number of methoxy groups -OCH3 is 1. The first-order valence-electron chi connectivity index (χ1n) is 4.99. The molecule has 1 fully saturated rings. The first-order chi connectivity index (χ1) is 6.46. The van der Waals surface area contributed by atoms with Crippen LogP contribution in [0, 0.1) is 5.41 Å². The monoisotopic (exact) mass is 200 g/mol. The van der Waals surface area contributed by atoms with Gasteiger partial charge in [-0.2, -0.15) is 0 Å². The second kappa shape index (κ2) is 4.28. The number of amides is 1. The highest BCUT2D eigenvalue weighted by atomic mass is 16.5. The minimum Gasteiger partial charge on any atom is -0.383 e. The SMILES string of the molecule is COCC(N)C(=O)N1CCC(C)(C)C1. The molecule has 2 N–H and O–H groups in total. The van der Waals surface area contributed by atoms with Crippen molar-refractivity contribution in [2.24, 2.45) is 11.1 Å². The molecule has 0 aromatic rings. The minimum atomic E-state index is -0.506. The Balaban J connectivity index is 2.47. The van der Waals surface area contributed by atoms with Gasteiger partial charge in [-0.15, -0.1) is 0 Å². The van der Waals surface area contributed by atoms with Crippen molar-refractivity contribution in [1.29, 1.82) is 0 Å². The number of nitrogens with two attached hydrogens (primary N) is 1. The lowest BCUT2D eigenvalue weighted by Crippen LogP contribution is -2.45. The van der Waals surface area contributed by atoms with Gasteiger partial charge in [0.05, 0.1) is 6.61 Å². The van der Waals surface area contributed by atoms with Crippen LogP contribution in [0.25, 0.3) is 0 Å². The van der Waals surface area contributed by atoms with Gasteiger partial charge in [-0.3, -0.25) is 4.79 Å². The molecule has 0 bridgehead atoms. The van der Waals surface area contributed by atoms with Crippen molar-refractivity contribution >= 4 is 5.91 Å². The molecule has 1 rings (SSSR count). The van der Waals surface area contributed by atoms with E-state index in [4.69, 9.17) is 10.5 Å². The number of carbonyl (C=O) groups excluding carboxylic acids is 1. The Morgan fingerprint density at radius 3 is 2.71 bits per heavy atom. The summed E-state index contributed by atoms with van der Waals surface area (Å²) >= 11 is 0. The van der Waals surface area contributed by atoms with E-state index in [1.54, 1.807) is 7.11 Å². The third-order valence-corrected chi connectivity index (χ3v) is 2.65. The van der Waals surface area contributed by atoms with Gasteiger partial charge in [0.15, 0.2) is 0 Å². The zero-order valence-electron chi connectivity index (χ0n) is 9.25. The van der Waals surface area contributed by atoms with Crippen LogP contribution in [0.3, 0.4) is 0 Å². The molecule has 1 amide bonds. The number of carbonyl (C=O) groups is 1. The van der Waals surface area contributed by atoms with E-state index in [1.807, 2.05) is 4.90 Å². The highest BCUT2D eigenvalue weighted by molar-refractivity contribution is 5.82. The summed E-state index contributed by atoms with van der Waals surface area (Å²) < 4.78 is 4.86. The normalized spacial score (nSPS) is 22.4. The Kier molecular flexibility index (Phi) is 3.50. The highest BCUT2D eigenvalue weighted by Gasteiger charge is 2.33. The summed E-state index contributed by atoms with van der Waals surface area (Å²) in [5, 5.41) is 0. The van der Waals surface area contributed by atoms with E-state index in [0.29, 0.717) is 6.61 Å². The van der Waals surface area contributed by atoms with Crippen molar-refractivity contribution in [3.63, 3.8) is 0 Å². The fourth-order valence-corrected chi connectivity index (χ4v) is 1.79. The van der Waals surface area contributed by atoms with Crippen molar-refractivity contribution in [1.82, 2.24) is 4.90 Å². The molecular formula is C10H20N2O2. The van der Waals surface area contributed by atoms with Crippen molar-refractivity contribution in [2.45, 2.75) is 26.3 Å². The number of ether oxygens (including phenoxy) is 1. The van der Waals surface area contributed by atoms with Crippen LogP contribution >= 0.6 is 0 Å². The Hall–Kier alpha value is -0.610. The summed E-state index contributed by atoms with van der Waals surface area (Å²) in [4.78, 5) is 13.6. The standard InChI is InChI=1S/C10H20N2O2/c1-10(2)4-5-12(7-10)9(13)8(11)6-14-3/h8H,4-7,11H2,1-3H3. The molecular weight excluding hydrogens is 180 g/mol. The number of likely N-dealkylation sites (tertiary alicyclic amines) is 1. The average Bonchev–Trinajstić information content (AvgIpc) is 2.45. The molecule has 0 spiro atoms. The number of rotatable bonds is 3. The van der Waals surface area contributed by atoms with Crippen LogP contribution in [-0.2, 0) is 9.53 Å². The topological polar surface area (TPSA) is 55.6 Å². The molecule has 82 valence electrons. The smallest absolute Gasteiger partial charge is 0.241 e. The van der Waals surface area contributed by atoms with Gasteiger partial charge in [-0.25, -0.2) is 0 Å². The molecule has 1 aliphatic heterocycles. The molecule has 14 heavy (non-hydrogen) atoms. The largest absolute Gasteiger partial charge is 0.383 e. The van der Waals surface area contributed by atoms with Crippen LogP contribution in [0.1, 0.15) is 20.3 Å². The maximum Gasteiger partial charge on any atom is 0.241 e. The van der Waals surface area contributed by atoms with E-state index in [1.165, 1.54) is 0 Å². The first-order valence-corrected chi connectivity index (χ1v) is 4.99. The zero-order chi connectivity index (χ0) is 10.8. The van der Waals surface area contributed by atoms with Gasteiger partial charge in [0.1, 0.15) is 6.04 Å². The molecule has 0 saturated carbocycles. The van der Waals surface area contributed by atoms with Gasteiger partial charge in [0, 0.05) is 20.2 Å². The van der Waals surface area contributed by atoms with E-state index in [2.05, 4.69) is 13.8 Å². The summed E-state index contributed by atoms with van der Waals surface area (Å²) in [7, 11) is 1.56. The Bertz CT molecular complexity index is 216. The van der Waals surface area contributed by atoms with E-state index in [-0.39, 0.29) is 11.3 Å². The average molecular weight is 200 g/mol. The van der Waals surface area contributed by atoms with Gasteiger partial charge < -0.3 is 15.4 Å². The fraction of sp³-hybridized carbons (Fsp3) is 0.900. The number of hydrogen-bond acceptors (Lipinski definition) is 3. The third kappa shape index (κ3) is 2.69. The molecule has 4 heteroatoms. The number of hydrogen-bond donors (Lipinski definition) is 1. The van der Waals surface area contributed by atoms with Crippen LogP contribution in [-0.4, -0.2) is 43.7 Å². The molecule has 1 heterocycles. The van der Waals surface area contributed by atoms with Crippen molar-refractivity contribution in [3.05, 3.63) is 0 Å². The second-order valence-electron chi connectivity index (χ2n) is 4.74. The lowest BCUT2D eigenvalue weighted by molar-refractivity contribution is -0.133. The Morgan fingerprint density at radius 1 is 1.64 bits per heavy atom. The van der Waals surface area contributed by atoms with E-state index in [0.717, 1.165) is 19.5 Å². The molecule has 1 atom stereocenters. The van der Waals surface area contributed by atoms with Gasteiger partial charge in [0.2, 0.25) is 5.91 Å². The maximum absolute atomic E-state index is 11.7. The minimum absolute atomic E-state index is 0.0115. The van der Waals surface area contributed by atoms with Crippen LogP contribution < -0.4 is 5.73 Å². The van der Waals surface area contributed by atoms with Crippen LogP contribution in [0.2, 0.25) is 0 Å². The van der Waals surface area contributed by atoms with Crippen LogP contribution in [0.15, 0.2) is 0 Å². The van der Waals surface area contributed by atoms with Crippen LogP contribution in [0.4, 0.5) is 0 Å². The first kappa shape index (κ1) is 11.5. The van der Waals surface area contributed by atoms with Crippen molar-refractivity contribution in [2.75, 3.05) is 26.8 Å². The summed E-state index contributed by atoms with van der Waals surface area (Å²) in [5.74, 6) is 0.0115. The van der Waals surface area contributed by atoms with Crippen LogP contribution in [0.5, 0.6) is 0 Å². The third-order valence-electron chi connectivity index (χ3n) is 2.65. The quantitative estimate of drug-likeness (QED) is 0.709. The Labute approximate surface area is 85.4 Å². The van der Waals surface area contributed by atoms with E-state index >= 15 is 0 Å². The zero-order valence-corrected chi connectivity index (χ0v) is 9.25. The van der Waals surface area contributed by atoms with Gasteiger partial charge in [-0.05, 0) is 11.8 Å². The second-order valence-corrected chi connectivity index (χ2v) is 4.74. The molecule has 0 radical (unpaired) electrons. The summed E-state index contributed by atoms with van der Waals surface area (Å²) in [6, 6.07) is -0.506. The molecule has 0 aliphatic carbocycles. The summed E-state index contributed by atoms with van der Waals surface area (Å²) in [6.07, 6.45) is 1.05. The predicted molar refractivity (Wildman–Crippen MR) is 54.8 cm³/mol. The molecule has 4 nitrogen and oxygen atoms in total. The summed E-state index contributed by atoms with van der Waals surface area (Å²) in [5.41, 5.74) is 5.92. The predicted octanol–water partition coefficient (Wildman–Crippen LogP) is 0.219. The van der Waals surface area contributed by atoms with Crippen molar-refractivity contribution < 1.29 is 9.53 Å². The lowest BCUT2D eigenvalue weighted by atomic mass is 9.93. The van der Waals surface area contributed by atoms with Gasteiger partial charge in [-0.1, -0.05) is 13.8 Å². The van der Waals surface area contributed by atoms with E-state index in [9.17, 15) is 4.79 Å². The van der Waals surface area contributed by atoms with E-state index < -0.39 is 6.04 Å². The molecule has 1 saturated heterocycles. The van der Waals surface area contributed by atoms with Gasteiger partial charge >= 0.3 is 0 Å². The molecule has 1 unspecified atom stereocenters. The van der Waals surface area contributed by atoms with Gasteiger partial charge in [0.25, 0.3) is 0 Å². The Morgan fingerprint density at radius 2 is 2.29 bits per heavy atom.